The molecule has 2 atom stereocenters. The van der Waals surface area contributed by atoms with Gasteiger partial charge in [0, 0.05) is 24.8 Å². The van der Waals surface area contributed by atoms with Crippen LogP contribution >= 0.6 is 12.4 Å². The SMILES string of the molecule is CCOC(=O)[C@H](N)Cc1cccnc1.Cl.N[C@H](Cc1cccnc1)C(=O)O. The Hall–Kier alpha value is -2.55. The van der Waals surface area contributed by atoms with Crippen LogP contribution in [0, 0.1) is 0 Å². The van der Waals surface area contributed by atoms with Crippen LogP contribution in [0.5, 0.6) is 0 Å². The van der Waals surface area contributed by atoms with E-state index in [1.807, 2.05) is 12.1 Å². The van der Waals surface area contributed by atoms with E-state index in [4.69, 9.17) is 21.3 Å². The summed E-state index contributed by atoms with van der Waals surface area (Å²) < 4.78 is 4.79. The highest BCUT2D eigenvalue weighted by molar-refractivity contribution is 5.85. The molecule has 2 aromatic rings. The van der Waals surface area contributed by atoms with Crippen LogP contribution in [-0.2, 0) is 27.2 Å². The number of carboxylic acids is 1. The van der Waals surface area contributed by atoms with Gasteiger partial charge in [0.2, 0.25) is 0 Å². The molecule has 0 aliphatic carbocycles. The van der Waals surface area contributed by atoms with E-state index in [-0.39, 0.29) is 18.4 Å². The number of nitrogens with two attached hydrogens (primary N) is 2. The van der Waals surface area contributed by atoms with Crippen LogP contribution in [0.1, 0.15) is 18.1 Å². The highest BCUT2D eigenvalue weighted by Gasteiger charge is 2.14. The molecule has 0 saturated heterocycles. The molecule has 2 aromatic heterocycles. The molecule has 0 spiro atoms. The molecule has 0 saturated carbocycles. The summed E-state index contributed by atoms with van der Waals surface area (Å²) in [6, 6.07) is 5.81. The summed E-state index contributed by atoms with van der Waals surface area (Å²) in [7, 11) is 0. The zero-order valence-corrected chi connectivity index (χ0v) is 15.8. The third-order valence-corrected chi connectivity index (χ3v) is 3.26. The largest absolute Gasteiger partial charge is 0.480 e. The van der Waals surface area contributed by atoms with E-state index in [1.165, 1.54) is 0 Å². The highest BCUT2D eigenvalue weighted by Crippen LogP contribution is 2.01. The third kappa shape index (κ3) is 10.2. The first-order valence-corrected chi connectivity index (χ1v) is 8.12. The maximum Gasteiger partial charge on any atom is 0.323 e. The van der Waals surface area contributed by atoms with Crippen LogP contribution in [0.4, 0.5) is 0 Å². The minimum atomic E-state index is -0.987. The van der Waals surface area contributed by atoms with Crippen molar-refractivity contribution in [2.75, 3.05) is 6.61 Å². The Kier molecular flexibility index (Phi) is 12.3. The van der Waals surface area contributed by atoms with Crippen molar-refractivity contribution in [3.8, 4) is 0 Å². The molecular weight excluding hydrogens is 372 g/mol. The van der Waals surface area contributed by atoms with Crippen molar-refractivity contribution < 1.29 is 19.4 Å². The summed E-state index contributed by atoms with van der Waals surface area (Å²) >= 11 is 0. The first-order chi connectivity index (χ1) is 12.4. The van der Waals surface area contributed by atoms with Crippen molar-refractivity contribution in [1.29, 1.82) is 0 Å². The van der Waals surface area contributed by atoms with Gasteiger partial charge in [0.05, 0.1) is 6.61 Å². The summed E-state index contributed by atoms with van der Waals surface area (Å²) in [5.74, 6) is -1.35. The molecule has 0 amide bonds. The molecule has 5 N–H and O–H groups in total. The molecule has 0 aromatic carbocycles. The second-order valence-electron chi connectivity index (χ2n) is 5.43. The highest BCUT2D eigenvalue weighted by atomic mass is 35.5. The number of halogens is 1. The van der Waals surface area contributed by atoms with Gasteiger partial charge >= 0.3 is 11.9 Å². The number of hydrogen-bond donors (Lipinski definition) is 3. The monoisotopic (exact) mass is 396 g/mol. The minimum absolute atomic E-state index is 0. The first kappa shape index (κ1) is 24.5. The lowest BCUT2D eigenvalue weighted by Crippen LogP contribution is -2.34. The molecular formula is C18H25ClN4O4. The zero-order valence-electron chi connectivity index (χ0n) is 15.0. The number of carbonyl (C=O) groups excluding carboxylic acids is 1. The molecule has 2 rings (SSSR count). The molecule has 27 heavy (non-hydrogen) atoms. The summed E-state index contributed by atoms with van der Waals surface area (Å²) in [5.41, 5.74) is 12.7. The number of nitrogens with zero attached hydrogens (tertiary/aromatic N) is 2. The van der Waals surface area contributed by atoms with E-state index in [0.717, 1.165) is 11.1 Å². The van der Waals surface area contributed by atoms with Gasteiger partial charge in [0.1, 0.15) is 12.1 Å². The van der Waals surface area contributed by atoms with Crippen molar-refractivity contribution in [2.24, 2.45) is 11.5 Å². The number of ether oxygens (including phenoxy) is 1. The Morgan fingerprint density at radius 2 is 1.52 bits per heavy atom. The second-order valence-corrected chi connectivity index (χ2v) is 5.43. The number of pyridine rings is 2. The van der Waals surface area contributed by atoms with Gasteiger partial charge in [0.25, 0.3) is 0 Å². The van der Waals surface area contributed by atoms with Crippen molar-refractivity contribution >= 4 is 24.3 Å². The molecule has 9 heteroatoms. The van der Waals surface area contributed by atoms with Crippen LogP contribution in [0.2, 0.25) is 0 Å². The van der Waals surface area contributed by atoms with Crippen LogP contribution < -0.4 is 11.5 Å². The number of carboxylic acid groups (broad SMARTS) is 1. The van der Waals surface area contributed by atoms with Crippen molar-refractivity contribution in [3.05, 3.63) is 60.2 Å². The Morgan fingerprint density at radius 1 is 1.04 bits per heavy atom. The molecule has 148 valence electrons. The number of aromatic nitrogens is 2. The normalized spacial score (nSPS) is 11.8. The number of carbonyl (C=O) groups is 2. The Morgan fingerprint density at radius 3 is 1.89 bits per heavy atom. The van der Waals surface area contributed by atoms with Gasteiger partial charge in [0.15, 0.2) is 0 Å². The Balaban J connectivity index is 0.000000488. The fourth-order valence-electron chi connectivity index (χ4n) is 1.97. The minimum Gasteiger partial charge on any atom is -0.480 e. The average molecular weight is 397 g/mol. The molecule has 2 heterocycles. The maximum absolute atomic E-state index is 11.2. The number of aliphatic carboxylic acids is 1. The van der Waals surface area contributed by atoms with Gasteiger partial charge in [-0.3, -0.25) is 19.6 Å². The average Bonchev–Trinajstić information content (AvgIpc) is 2.64. The number of rotatable bonds is 7. The van der Waals surface area contributed by atoms with Crippen LogP contribution in [0.25, 0.3) is 0 Å². The third-order valence-electron chi connectivity index (χ3n) is 3.26. The van der Waals surface area contributed by atoms with Gasteiger partial charge in [-0.25, -0.2) is 0 Å². The predicted octanol–water partition coefficient (Wildman–Crippen LogP) is 0.972. The molecule has 0 bridgehead atoms. The van der Waals surface area contributed by atoms with Crippen molar-refractivity contribution in [1.82, 2.24) is 9.97 Å². The quantitative estimate of drug-likeness (QED) is 0.588. The summed E-state index contributed by atoms with van der Waals surface area (Å²) in [5, 5.41) is 8.50. The lowest BCUT2D eigenvalue weighted by atomic mass is 10.1. The lowest BCUT2D eigenvalue weighted by Gasteiger charge is -2.09. The van der Waals surface area contributed by atoms with Gasteiger partial charge < -0.3 is 21.3 Å². The van der Waals surface area contributed by atoms with Crippen LogP contribution in [-0.4, -0.2) is 45.7 Å². The van der Waals surface area contributed by atoms with Gasteiger partial charge in [-0.1, -0.05) is 12.1 Å². The standard InChI is InChI=1S/C10H14N2O2.C8H10N2O2.ClH/c1-2-14-10(13)9(11)6-8-4-3-5-12-7-8;9-7(8(11)12)4-6-2-1-3-10-5-6;/h3-5,7,9H,2,6,11H2,1H3;1-3,5,7H,4,9H2,(H,11,12);1H/t9-;7-;/m11./s1. The molecule has 0 aliphatic rings. The van der Waals surface area contributed by atoms with Gasteiger partial charge in [-0.2, -0.15) is 0 Å². The van der Waals surface area contributed by atoms with E-state index in [2.05, 4.69) is 9.97 Å². The van der Waals surface area contributed by atoms with E-state index in [0.29, 0.717) is 19.4 Å². The Labute approximate surface area is 164 Å². The van der Waals surface area contributed by atoms with Crippen molar-refractivity contribution in [3.63, 3.8) is 0 Å². The fraction of sp³-hybridized carbons (Fsp3) is 0.333. The zero-order chi connectivity index (χ0) is 19.4. The number of esters is 1. The van der Waals surface area contributed by atoms with Crippen molar-refractivity contribution in [2.45, 2.75) is 31.8 Å². The summed E-state index contributed by atoms with van der Waals surface area (Å²) in [6.45, 7) is 2.12. The Bertz CT molecular complexity index is 674. The van der Waals surface area contributed by atoms with E-state index < -0.39 is 18.1 Å². The summed E-state index contributed by atoms with van der Waals surface area (Å²) in [6.07, 6.45) is 7.41. The topological polar surface area (TPSA) is 141 Å². The number of hydrogen-bond acceptors (Lipinski definition) is 7. The second kappa shape index (κ2) is 13.6. The van der Waals surface area contributed by atoms with E-state index >= 15 is 0 Å². The lowest BCUT2D eigenvalue weighted by molar-refractivity contribution is -0.144. The van der Waals surface area contributed by atoms with E-state index in [1.54, 1.807) is 43.8 Å². The maximum atomic E-state index is 11.2. The molecule has 0 unspecified atom stereocenters. The smallest absolute Gasteiger partial charge is 0.323 e. The van der Waals surface area contributed by atoms with Crippen LogP contribution in [0.15, 0.2) is 49.1 Å². The molecule has 8 nitrogen and oxygen atoms in total. The van der Waals surface area contributed by atoms with Gasteiger partial charge in [-0.15, -0.1) is 12.4 Å². The molecule has 0 fully saturated rings. The van der Waals surface area contributed by atoms with Crippen LogP contribution in [0.3, 0.4) is 0 Å². The first-order valence-electron chi connectivity index (χ1n) is 8.12. The fourth-order valence-corrected chi connectivity index (χ4v) is 1.97. The predicted molar refractivity (Wildman–Crippen MR) is 103 cm³/mol. The molecule has 0 radical (unpaired) electrons. The van der Waals surface area contributed by atoms with Gasteiger partial charge in [-0.05, 0) is 43.0 Å². The van der Waals surface area contributed by atoms with E-state index in [9.17, 15) is 9.59 Å². The summed E-state index contributed by atoms with van der Waals surface area (Å²) in [4.78, 5) is 29.3. The molecule has 0 aliphatic heterocycles.